The number of nitrogens with one attached hydrogen (secondary N) is 2. The first-order chi connectivity index (χ1) is 12.9. The van der Waals surface area contributed by atoms with Gasteiger partial charge in [0, 0.05) is 31.5 Å². The Morgan fingerprint density at radius 1 is 1.30 bits per heavy atom. The first-order valence-electron chi connectivity index (χ1n) is 8.45. The van der Waals surface area contributed by atoms with E-state index in [1.54, 1.807) is 18.6 Å². The van der Waals surface area contributed by atoms with E-state index >= 15 is 0 Å². The average Bonchev–Trinajstić information content (AvgIpc) is 3.09. The number of anilines is 1. The maximum atomic E-state index is 11.9. The number of hydrogen-bond acceptors (Lipinski definition) is 7. The average molecular weight is 408 g/mol. The van der Waals surface area contributed by atoms with Gasteiger partial charge in [-0.25, -0.2) is 32.7 Å². The zero-order valence-electron chi connectivity index (χ0n) is 14.6. The van der Waals surface area contributed by atoms with Crippen molar-refractivity contribution in [2.24, 2.45) is 0 Å². The van der Waals surface area contributed by atoms with Gasteiger partial charge in [-0.15, -0.1) is 0 Å². The van der Waals surface area contributed by atoms with Crippen LogP contribution in [0.5, 0.6) is 0 Å². The molecule has 142 valence electrons. The summed E-state index contributed by atoms with van der Waals surface area (Å²) < 4.78 is 25.2. The predicted molar refractivity (Wildman–Crippen MR) is 103 cm³/mol. The molecular formula is C16H18ClN7O2S. The smallest absolute Gasteiger partial charge is 0.224 e. The van der Waals surface area contributed by atoms with Crippen molar-refractivity contribution in [3.05, 3.63) is 29.9 Å². The monoisotopic (exact) mass is 407 g/mol. The number of aromatic nitrogens is 5. The third kappa shape index (κ3) is 3.87. The molecule has 0 spiro atoms. The Balaban J connectivity index is 1.65. The van der Waals surface area contributed by atoms with E-state index in [0.29, 0.717) is 35.8 Å². The van der Waals surface area contributed by atoms with Crippen molar-refractivity contribution in [1.29, 1.82) is 0 Å². The van der Waals surface area contributed by atoms with Crippen molar-refractivity contribution >= 4 is 38.6 Å². The topological polar surface area (TPSA) is 117 Å². The van der Waals surface area contributed by atoms with Crippen LogP contribution >= 0.6 is 11.6 Å². The van der Waals surface area contributed by atoms with Crippen molar-refractivity contribution in [3.8, 4) is 11.3 Å². The molecule has 3 aromatic rings. The lowest BCUT2D eigenvalue weighted by Gasteiger charge is -2.32. The van der Waals surface area contributed by atoms with Gasteiger partial charge in [-0.1, -0.05) is 0 Å². The van der Waals surface area contributed by atoms with Gasteiger partial charge in [0.15, 0.2) is 5.65 Å². The molecule has 1 saturated heterocycles. The van der Waals surface area contributed by atoms with E-state index in [0.717, 1.165) is 18.4 Å². The van der Waals surface area contributed by atoms with Crippen LogP contribution in [0, 0.1) is 0 Å². The first-order valence-corrected chi connectivity index (χ1v) is 10.7. The van der Waals surface area contributed by atoms with E-state index in [4.69, 9.17) is 11.6 Å². The molecule has 0 unspecified atom stereocenters. The van der Waals surface area contributed by atoms with Gasteiger partial charge in [0.25, 0.3) is 0 Å². The summed E-state index contributed by atoms with van der Waals surface area (Å²) in [6.07, 6.45) is 7.83. The number of H-pyrrole nitrogens is 1. The fourth-order valence-electron chi connectivity index (χ4n) is 3.17. The highest BCUT2D eigenvalue weighted by Crippen LogP contribution is 2.28. The van der Waals surface area contributed by atoms with Crippen molar-refractivity contribution < 1.29 is 8.42 Å². The normalized spacial score (nSPS) is 18.7. The summed E-state index contributed by atoms with van der Waals surface area (Å²) in [5.41, 5.74) is 2.69. The Hall–Kier alpha value is -2.30. The van der Waals surface area contributed by atoms with Gasteiger partial charge >= 0.3 is 0 Å². The lowest BCUT2D eigenvalue weighted by molar-refractivity contribution is 0.329. The molecule has 1 fully saturated rings. The molecule has 0 saturated carbocycles. The summed E-state index contributed by atoms with van der Waals surface area (Å²) in [4.78, 5) is 20.3. The van der Waals surface area contributed by atoms with E-state index in [-0.39, 0.29) is 11.3 Å². The molecule has 0 bridgehead atoms. The van der Waals surface area contributed by atoms with Gasteiger partial charge in [-0.3, -0.25) is 0 Å². The summed E-state index contributed by atoms with van der Waals surface area (Å²) in [6, 6.07) is 1.75. The first kappa shape index (κ1) is 18.1. The van der Waals surface area contributed by atoms with Crippen molar-refractivity contribution in [1.82, 2.24) is 29.2 Å². The minimum atomic E-state index is -3.23. The number of sulfonamides is 1. The standard InChI is InChI=1S/C16H18ClN7O2S/c1-27(25,26)24-6-2-3-10(9-24)21-14-11(7-20-16(17)23-14)13-8-19-15-12(22-13)4-5-18-15/h4-5,7-8,10H,2-3,6,9H2,1H3,(H,18,19)(H,20,21,23)/t10-/m0/s1. The molecule has 1 aliphatic rings. The van der Waals surface area contributed by atoms with Crippen LogP contribution in [-0.4, -0.2) is 63.0 Å². The summed E-state index contributed by atoms with van der Waals surface area (Å²) in [6.45, 7) is 0.909. The second-order valence-electron chi connectivity index (χ2n) is 6.47. The number of halogens is 1. The van der Waals surface area contributed by atoms with E-state index in [9.17, 15) is 8.42 Å². The summed E-state index contributed by atoms with van der Waals surface area (Å²) in [5, 5.41) is 3.42. The lowest BCUT2D eigenvalue weighted by atomic mass is 10.1. The molecule has 2 N–H and O–H groups in total. The fraction of sp³-hybridized carbons (Fsp3) is 0.375. The molecule has 0 aliphatic carbocycles. The van der Waals surface area contributed by atoms with E-state index in [1.165, 1.54) is 10.6 Å². The molecule has 1 aliphatic heterocycles. The molecule has 11 heteroatoms. The summed E-state index contributed by atoms with van der Waals surface area (Å²) in [7, 11) is -3.23. The molecule has 4 rings (SSSR count). The second kappa shape index (κ2) is 7.02. The highest BCUT2D eigenvalue weighted by atomic mass is 35.5. The minimum absolute atomic E-state index is 0.0814. The maximum Gasteiger partial charge on any atom is 0.224 e. The van der Waals surface area contributed by atoms with Crippen LogP contribution in [-0.2, 0) is 10.0 Å². The van der Waals surface area contributed by atoms with Gasteiger partial charge < -0.3 is 10.3 Å². The van der Waals surface area contributed by atoms with Crippen LogP contribution in [0.3, 0.4) is 0 Å². The van der Waals surface area contributed by atoms with Gasteiger partial charge in [-0.05, 0) is 30.5 Å². The zero-order valence-corrected chi connectivity index (χ0v) is 16.1. The van der Waals surface area contributed by atoms with Gasteiger partial charge in [0.1, 0.15) is 11.3 Å². The molecule has 4 heterocycles. The van der Waals surface area contributed by atoms with Gasteiger partial charge in [0.2, 0.25) is 15.3 Å². The highest BCUT2D eigenvalue weighted by molar-refractivity contribution is 7.88. The third-order valence-electron chi connectivity index (χ3n) is 4.49. The molecule has 0 radical (unpaired) electrons. The molecule has 27 heavy (non-hydrogen) atoms. The Morgan fingerprint density at radius 3 is 2.96 bits per heavy atom. The summed E-state index contributed by atoms with van der Waals surface area (Å²) in [5.74, 6) is 0.513. The van der Waals surface area contributed by atoms with Gasteiger partial charge in [0.05, 0.1) is 23.7 Å². The molecule has 1 atom stereocenters. The zero-order chi connectivity index (χ0) is 19.0. The Kier molecular flexibility index (Phi) is 4.70. The van der Waals surface area contributed by atoms with Crippen LogP contribution in [0.15, 0.2) is 24.7 Å². The number of aromatic amines is 1. The quantitative estimate of drug-likeness (QED) is 0.634. The third-order valence-corrected chi connectivity index (χ3v) is 5.94. The lowest BCUT2D eigenvalue weighted by Crippen LogP contribution is -2.44. The Bertz CT molecular complexity index is 1090. The Labute approximate surface area is 161 Å². The van der Waals surface area contributed by atoms with Crippen molar-refractivity contribution in [3.63, 3.8) is 0 Å². The van der Waals surface area contributed by atoms with Crippen LogP contribution in [0.2, 0.25) is 5.28 Å². The number of piperidine rings is 1. The number of nitrogens with zero attached hydrogens (tertiary/aromatic N) is 5. The maximum absolute atomic E-state index is 11.9. The minimum Gasteiger partial charge on any atom is -0.365 e. The number of hydrogen-bond donors (Lipinski definition) is 2. The molecular weight excluding hydrogens is 390 g/mol. The molecule has 0 amide bonds. The van der Waals surface area contributed by atoms with Crippen molar-refractivity contribution in [2.45, 2.75) is 18.9 Å². The fourth-order valence-corrected chi connectivity index (χ4v) is 4.22. The van der Waals surface area contributed by atoms with Crippen molar-refractivity contribution in [2.75, 3.05) is 24.7 Å². The SMILES string of the molecule is CS(=O)(=O)N1CCC[C@H](Nc2nc(Cl)ncc2-c2cnc3[nH]ccc3n2)C1. The highest BCUT2D eigenvalue weighted by Gasteiger charge is 2.27. The van der Waals surface area contributed by atoms with E-state index in [1.807, 2.05) is 6.07 Å². The van der Waals surface area contributed by atoms with E-state index in [2.05, 4.69) is 30.2 Å². The number of fused-ring (bicyclic) bond motifs is 1. The Morgan fingerprint density at radius 2 is 2.15 bits per heavy atom. The largest absolute Gasteiger partial charge is 0.365 e. The molecule has 3 aromatic heterocycles. The molecule has 0 aromatic carbocycles. The molecule has 9 nitrogen and oxygen atoms in total. The number of rotatable bonds is 4. The predicted octanol–water partition coefficient (Wildman–Crippen LogP) is 1.90. The van der Waals surface area contributed by atoms with E-state index < -0.39 is 10.0 Å². The van der Waals surface area contributed by atoms with Crippen LogP contribution in [0.25, 0.3) is 22.4 Å². The van der Waals surface area contributed by atoms with Crippen LogP contribution in [0.1, 0.15) is 12.8 Å². The van der Waals surface area contributed by atoms with Gasteiger partial charge in [-0.2, -0.15) is 0 Å². The summed E-state index contributed by atoms with van der Waals surface area (Å²) >= 11 is 5.99. The van der Waals surface area contributed by atoms with Crippen LogP contribution < -0.4 is 5.32 Å². The second-order valence-corrected chi connectivity index (χ2v) is 8.79. The van der Waals surface area contributed by atoms with Crippen LogP contribution in [0.4, 0.5) is 5.82 Å².